The number of aryl methyl sites for hydroxylation is 1. The third-order valence-electron chi connectivity index (χ3n) is 3.10. The molecule has 2 aromatic heterocycles. The summed E-state index contributed by atoms with van der Waals surface area (Å²) in [5.41, 5.74) is 0.0773. The van der Waals surface area contributed by atoms with Crippen molar-refractivity contribution in [3.63, 3.8) is 0 Å². The molecule has 0 unspecified atom stereocenters. The Labute approximate surface area is 122 Å². The lowest BCUT2D eigenvalue weighted by molar-refractivity contribution is 0.0773. The Kier molecular flexibility index (Phi) is 4.86. The van der Waals surface area contributed by atoms with Gasteiger partial charge in [-0.3, -0.25) is 9.59 Å². The van der Waals surface area contributed by atoms with E-state index in [0.29, 0.717) is 18.9 Å². The van der Waals surface area contributed by atoms with Crippen LogP contribution in [0.5, 0.6) is 0 Å². The number of nitrogens with one attached hydrogen (secondary N) is 1. The quantitative estimate of drug-likeness (QED) is 0.861. The second kappa shape index (κ2) is 6.83. The number of rotatable bonds is 6. The third-order valence-corrected chi connectivity index (χ3v) is 3.10. The SMILES string of the molecule is CCCCn1nc(C(=O)N(C)Cc2ncc[nH]2)ccc1=O. The number of H-pyrrole nitrogens is 1. The van der Waals surface area contributed by atoms with Crippen LogP contribution in [0, 0.1) is 0 Å². The van der Waals surface area contributed by atoms with E-state index in [1.165, 1.54) is 21.7 Å². The molecule has 2 rings (SSSR count). The van der Waals surface area contributed by atoms with Crippen molar-refractivity contribution in [3.05, 3.63) is 46.4 Å². The molecule has 0 saturated carbocycles. The highest BCUT2D eigenvalue weighted by Gasteiger charge is 2.15. The summed E-state index contributed by atoms with van der Waals surface area (Å²) in [6.45, 7) is 2.93. The van der Waals surface area contributed by atoms with E-state index in [0.717, 1.165) is 12.8 Å². The molecule has 0 fully saturated rings. The highest BCUT2D eigenvalue weighted by molar-refractivity contribution is 5.91. The zero-order valence-electron chi connectivity index (χ0n) is 12.2. The van der Waals surface area contributed by atoms with Gasteiger partial charge in [0.25, 0.3) is 11.5 Å². The van der Waals surface area contributed by atoms with Gasteiger partial charge in [-0.05, 0) is 12.5 Å². The second-order valence-corrected chi connectivity index (χ2v) is 4.83. The zero-order chi connectivity index (χ0) is 15.2. The zero-order valence-corrected chi connectivity index (χ0v) is 12.2. The van der Waals surface area contributed by atoms with Gasteiger partial charge in [-0.25, -0.2) is 9.67 Å². The highest BCUT2D eigenvalue weighted by Crippen LogP contribution is 2.02. The maximum atomic E-state index is 12.3. The minimum atomic E-state index is -0.239. The molecule has 0 atom stereocenters. The summed E-state index contributed by atoms with van der Waals surface area (Å²) in [5, 5.41) is 4.14. The van der Waals surface area contributed by atoms with Gasteiger partial charge >= 0.3 is 0 Å². The lowest BCUT2D eigenvalue weighted by Gasteiger charge is -2.15. The Morgan fingerprint density at radius 1 is 1.43 bits per heavy atom. The fraction of sp³-hybridized carbons (Fsp3) is 0.429. The second-order valence-electron chi connectivity index (χ2n) is 4.83. The van der Waals surface area contributed by atoms with Crippen molar-refractivity contribution in [1.82, 2.24) is 24.6 Å². The summed E-state index contributed by atoms with van der Waals surface area (Å²) >= 11 is 0. The van der Waals surface area contributed by atoms with Crippen LogP contribution in [0.25, 0.3) is 0 Å². The lowest BCUT2D eigenvalue weighted by Crippen LogP contribution is -2.31. The average molecular weight is 289 g/mol. The molecule has 2 heterocycles. The number of amides is 1. The number of nitrogens with zero attached hydrogens (tertiary/aromatic N) is 4. The monoisotopic (exact) mass is 289 g/mol. The van der Waals surface area contributed by atoms with E-state index < -0.39 is 0 Å². The van der Waals surface area contributed by atoms with E-state index in [2.05, 4.69) is 15.1 Å². The molecule has 112 valence electrons. The maximum Gasteiger partial charge on any atom is 0.274 e. The number of hydrogen-bond acceptors (Lipinski definition) is 4. The summed E-state index contributed by atoms with van der Waals surface area (Å²) in [7, 11) is 1.67. The first-order valence-corrected chi connectivity index (χ1v) is 6.93. The molecule has 0 saturated heterocycles. The average Bonchev–Trinajstić information content (AvgIpc) is 2.98. The molecule has 0 aliphatic rings. The molecule has 7 heteroatoms. The van der Waals surface area contributed by atoms with Crippen molar-refractivity contribution in [2.45, 2.75) is 32.9 Å². The van der Waals surface area contributed by atoms with Gasteiger partial charge in [0.15, 0.2) is 0 Å². The van der Waals surface area contributed by atoms with E-state index in [-0.39, 0.29) is 17.2 Å². The van der Waals surface area contributed by atoms with Gasteiger partial charge in [-0.2, -0.15) is 5.10 Å². The van der Waals surface area contributed by atoms with Crippen LogP contribution in [0.3, 0.4) is 0 Å². The lowest BCUT2D eigenvalue weighted by atomic mass is 10.3. The largest absolute Gasteiger partial charge is 0.347 e. The Bertz CT molecular complexity index is 648. The van der Waals surface area contributed by atoms with Crippen LogP contribution in [0.4, 0.5) is 0 Å². The molecule has 0 radical (unpaired) electrons. The maximum absolute atomic E-state index is 12.3. The Hall–Kier alpha value is -2.44. The summed E-state index contributed by atoms with van der Waals surface area (Å²) in [5.74, 6) is 0.460. The molecule has 2 aromatic rings. The molecular weight excluding hydrogens is 270 g/mol. The standard InChI is InChI=1S/C14H19N5O2/c1-3-4-9-19-13(20)6-5-11(17-19)14(21)18(2)10-12-15-7-8-16-12/h5-8H,3-4,9-10H2,1-2H3,(H,15,16). The smallest absolute Gasteiger partial charge is 0.274 e. The Balaban J connectivity index is 2.12. The number of carbonyl (C=O) groups is 1. The van der Waals surface area contributed by atoms with E-state index in [4.69, 9.17) is 0 Å². The minimum Gasteiger partial charge on any atom is -0.347 e. The third kappa shape index (κ3) is 3.77. The molecule has 0 aliphatic carbocycles. The molecular formula is C14H19N5O2. The summed E-state index contributed by atoms with van der Waals surface area (Å²) < 4.78 is 1.34. The predicted octanol–water partition coefficient (Wildman–Crippen LogP) is 1.04. The van der Waals surface area contributed by atoms with E-state index >= 15 is 0 Å². The number of hydrogen-bond donors (Lipinski definition) is 1. The molecule has 7 nitrogen and oxygen atoms in total. The Morgan fingerprint density at radius 2 is 2.24 bits per heavy atom. The molecule has 0 aliphatic heterocycles. The van der Waals surface area contributed by atoms with Gasteiger partial charge in [-0.1, -0.05) is 13.3 Å². The molecule has 21 heavy (non-hydrogen) atoms. The van der Waals surface area contributed by atoms with Crippen LogP contribution < -0.4 is 5.56 Å². The van der Waals surface area contributed by atoms with Gasteiger partial charge in [0.1, 0.15) is 11.5 Å². The van der Waals surface area contributed by atoms with Gasteiger partial charge < -0.3 is 9.88 Å². The van der Waals surface area contributed by atoms with E-state index in [9.17, 15) is 9.59 Å². The first kappa shape index (κ1) is 15.0. The van der Waals surface area contributed by atoms with Crippen molar-refractivity contribution in [2.24, 2.45) is 0 Å². The fourth-order valence-electron chi connectivity index (χ4n) is 1.91. The Morgan fingerprint density at radius 3 is 2.90 bits per heavy atom. The van der Waals surface area contributed by atoms with Crippen LogP contribution in [0.15, 0.2) is 29.3 Å². The van der Waals surface area contributed by atoms with Gasteiger partial charge in [0.2, 0.25) is 0 Å². The molecule has 1 N–H and O–H groups in total. The van der Waals surface area contributed by atoms with Crippen LogP contribution >= 0.6 is 0 Å². The van der Waals surface area contributed by atoms with Gasteiger partial charge in [-0.15, -0.1) is 0 Å². The fourth-order valence-corrected chi connectivity index (χ4v) is 1.91. The van der Waals surface area contributed by atoms with Crippen LogP contribution in [0.2, 0.25) is 0 Å². The minimum absolute atomic E-state index is 0.186. The first-order chi connectivity index (χ1) is 10.1. The molecule has 1 amide bonds. The van der Waals surface area contributed by atoms with Crippen molar-refractivity contribution in [1.29, 1.82) is 0 Å². The van der Waals surface area contributed by atoms with Crippen molar-refractivity contribution in [2.75, 3.05) is 7.05 Å². The predicted molar refractivity (Wildman–Crippen MR) is 77.8 cm³/mol. The van der Waals surface area contributed by atoms with Gasteiger partial charge in [0, 0.05) is 32.1 Å². The number of aromatic nitrogens is 4. The topological polar surface area (TPSA) is 83.9 Å². The summed E-state index contributed by atoms with van der Waals surface area (Å²) in [6.07, 6.45) is 5.16. The van der Waals surface area contributed by atoms with Crippen molar-refractivity contribution in [3.8, 4) is 0 Å². The summed E-state index contributed by atoms with van der Waals surface area (Å²) in [6, 6.07) is 2.85. The highest BCUT2D eigenvalue weighted by atomic mass is 16.2. The molecule has 0 spiro atoms. The normalized spacial score (nSPS) is 10.6. The van der Waals surface area contributed by atoms with Crippen molar-refractivity contribution >= 4 is 5.91 Å². The van der Waals surface area contributed by atoms with Crippen molar-refractivity contribution < 1.29 is 4.79 Å². The molecule has 0 aromatic carbocycles. The number of carbonyl (C=O) groups excluding carboxylic acids is 1. The van der Waals surface area contributed by atoms with Crippen LogP contribution in [-0.2, 0) is 13.1 Å². The summed E-state index contributed by atoms with van der Waals surface area (Å²) in [4.78, 5) is 32.5. The van der Waals surface area contributed by atoms with E-state index in [1.54, 1.807) is 19.4 Å². The van der Waals surface area contributed by atoms with E-state index in [1.807, 2.05) is 6.92 Å². The number of aromatic amines is 1. The van der Waals surface area contributed by atoms with Crippen LogP contribution in [0.1, 0.15) is 36.1 Å². The number of unbranched alkanes of at least 4 members (excludes halogenated alkanes) is 1. The van der Waals surface area contributed by atoms with Crippen LogP contribution in [-0.4, -0.2) is 37.6 Å². The first-order valence-electron chi connectivity index (χ1n) is 6.93. The molecule has 0 bridgehead atoms. The van der Waals surface area contributed by atoms with Gasteiger partial charge in [0.05, 0.1) is 6.54 Å². The number of imidazole rings is 1.